The zero-order chi connectivity index (χ0) is 41.0. The minimum atomic E-state index is -0.766. The molecule has 0 bridgehead atoms. The van der Waals surface area contributed by atoms with E-state index < -0.39 is 11.2 Å². The summed E-state index contributed by atoms with van der Waals surface area (Å²) >= 11 is 2.84. The molecule has 4 heterocycles. The third-order valence-electron chi connectivity index (χ3n) is 16.0. The highest BCUT2D eigenvalue weighted by molar-refractivity contribution is 7.17. The molecule has 0 spiro atoms. The van der Waals surface area contributed by atoms with Crippen molar-refractivity contribution >= 4 is 78.6 Å². The summed E-state index contributed by atoms with van der Waals surface area (Å²) in [7, 11) is 0. The van der Waals surface area contributed by atoms with Crippen molar-refractivity contribution in [3.63, 3.8) is 0 Å². The van der Waals surface area contributed by atoms with Crippen molar-refractivity contribution in [1.82, 2.24) is 9.97 Å². The van der Waals surface area contributed by atoms with Crippen molar-refractivity contribution in [2.24, 2.45) is 69.2 Å². The van der Waals surface area contributed by atoms with Crippen molar-refractivity contribution in [2.75, 3.05) is 0 Å². The Hall–Kier alpha value is -4.16. The maximum Gasteiger partial charge on any atom is 0.210 e. The fraction of sp³-hybridized carbons (Fsp3) is 0.583. The topological polar surface area (TPSA) is 137 Å². The maximum absolute atomic E-state index is 13.7. The van der Waals surface area contributed by atoms with Crippen LogP contribution in [-0.4, -0.2) is 44.5 Å². The minimum Gasteiger partial charge on any atom is -0.481 e. The third kappa shape index (κ3) is 5.60. The molecule has 8 aliphatic carbocycles. The van der Waals surface area contributed by atoms with Crippen molar-refractivity contribution < 1.29 is 28.7 Å². The van der Waals surface area contributed by atoms with Gasteiger partial charge in [-0.05, 0) is 89.2 Å². The number of fused-ring (bicyclic) bond motifs is 11. The van der Waals surface area contributed by atoms with E-state index in [-0.39, 0.29) is 70.1 Å². The predicted molar refractivity (Wildman–Crippen MR) is 229 cm³/mol. The van der Waals surface area contributed by atoms with Crippen LogP contribution in [0.3, 0.4) is 0 Å². The number of thiazole rings is 2. The van der Waals surface area contributed by atoms with Gasteiger partial charge in [-0.3, -0.25) is 19.2 Å². The van der Waals surface area contributed by atoms with Crippen LogP contribution in [0.1, 0.15) is 126 Å². The number of rotatable bonds is 2. The molecule has 0 amide bonds. The van der Waals surface area contributed by atoms with Gasteiger partial charge in [0, 0.05) is 46.7 Å². The minimum absolute atomic E-state index is 0.0348. The van der Waals surface area contributed by atoms with Gasteiger partial charge < -0.3 is 9.47 Å². The van der Waals surface area contributed by atoms with Crippen LogP contribution in [0.25, 0.3) is 11.1 Å². The molecule has 10 nitrogen and oxygen atoms in total. The van der Waals surface area contributed by atoms with E-state index in [2.05, 4.69) is 24.3 Å². The molecule has 0 saturated heterocycles. The summed E-state index contributed by atoms with van der Waals surface area (Å²) in [6.07, 6.45) is 21.6. The molecule has 60 heavy (non-hydrogen) atoms. The fourth-order valence-electron chi connectivity index (χ4n) is 13.0. The van der Waals surface area contributed by atoms with Gasteiger partial charge in [0.05, 0.1) is 9.75 Å². The van der Waals surface area contributed by atoms with Crippen LogP contribution < -0.4 is 0 Å². The number of Topliss-reactive ketones (excluding diaryl/α,β-unsaturated/α-hetero) is 4. The van der Waals surface area contributed by atoms with Crippen LogP contribution in [0.2, 0.25) is 0 Å². The summed E-state index contributed by atoms with van der Waals surface area (Å²) in [6, 6.07) is 0. The Labute approximate surface area is 357 Å². The van der Waals surface area contributed by atoms with Crippen LogP contribution in [0.15, 0.2) is 45.8 Å². The summed E-state index contributed by atoms with van der Waals surface area (Å²) in [5.74, 6) is 2.31. The number of carbonyl (C=O) groups excluding carboxylic acids is 4. The van der Waals surface area contributed by atoms with E-state index in [0.29, 0.717) is 33.9 Å². The Balaban J connectivity index is 0.842. The lowest BCUT2D eigenvalue weighted by atomic mass is 9.64. The van der Waals surface area contributed by atoms with Crippen molar-refractivity contribution in [3.8, 4) is 0 Å². The first-order valence-electron chi connectivity index (χ1n) is 22.4. The van der Waals surface area contributed by atoms with Gasteiger partial charge >= 0.3 is 0 Å². The van der Waals surface area contributed by atoms with Crippen LogP contribution in [-0.2, 0) is 39.9 Å². The summed E-state index contributed by atoms with van der Waals surface area (Å²) < 4.78 is 13.4. The van der Waals surface area contributed by atoms with Crippen molar-refractivity contribution in [3.05, 3.63) is 57.0 Å². The molecule has 2 aromatic rings. The second kappa shape index (κ2) is 13.2. The molecule has 310 valence electrons. The smallest absolute Gasteiger partial charge is 0.210 e. The molecule has 0 radical (unpaired) electrons. The average Bonchev–Trinajstić information content (AvgIpc) is 3.97. The maximum atomic E-state index is 13.7. The normalized spacial score (nSPS) is 36.5. The van der Waals surface area contributed by atoms with E-state index in [1.165, 1.54) is 48.4 Å². The Morgan fingerprint density at radius 3 is 1.20 bits per heavy atom. The summed E-state index contributed by atoms with van der Waals surface area (Å²) in [5, 5.41) is 0.843. The third-order valence-corrected chi connectivity index (χ3v) is 18.0. The van der Waals surface area contributed by atoms with Gasteiger partial charge in [-0.15, -0.1) is 0 Å². The predicted octanol–water partition coefficient (Wildman–Crippen LogP) is 9.74. The van der Waals surface area contributed by atoms with Gasteiger partial charge in [0.2, 0.25) is 10.3 Å². The molecule has 2 aliphatic heterocycles. The lowest BCUT2D eigenvalue weighted by Gasteiger charge is -2.39. The molecule has 0 aromatic carbocycles. The van der Waals surface area contributed by atoms with Gasteiger partial charge in [0.15, 0.2) is 34.6 Å². The first kappa shape index (κ1) is 37.6. The highest BCUT2D eigenvalue weighted by atomic mass is 32.1. The molecule has 12 rings (SSSR count). The van der Waals surface area contributed by atoms with Gasteiger partial charge in [0.25, 0.3) is 0 Å². The molecule has 0 N–H and O–H groups in total. The molecule has 2 aromatic heterocycles. The highest BCUT2D eigenvalue weighted by Gasteiger charge is 2.54. The van der Waals surface area contributed by atoms with Crippen LogP contribution in [0.5, 0.6) is 0 Å². The van der Waals surface area contributed by atoms with Crippen LogP contribution in [0, 0.1) is 59.2 Å². The lowest BCUT2D eigenvalue weighted by molar-refractivity contribution is -0.123. The Kier molecular flexibility index (Phi) is 8.25. The van der Waals surface area contributed by atoms with Crippen molar-refractivity contribution in [2.45, 2.75) is 116 Å². The number of ketones is 4. The van der Waals surface area contributed by atoms with Crippen LogP contribution in [0.4, 0.5) is 10.3 Å². The van der Waals surface area contributed by atoms with Crippen LogP contribution >= 0.6 is 22.7 Å². The lowest BCUT2D eigenvalue weighted by Crippen LogP contribution is -2.35. The SMILES string of the molecule is CC1(C)OC2=CC3C=C4C(=CC3C=C2c2sc(N=C3C(=O)C5CC6CCCCC6CC5C3=O)nc21)OC(C)(C)c1nc(N=C2C(=O)C3CC5CCCCC5CC3C2=O)sc14. The number of hydrogen-bond acceptors (Lipinski definition) is 12. The number of ether oxygens (including phenoxy) is 2. The standard InChI is InChI=1S/C48H50N4O6S2/c1-47(2)43-41(59-45(51-43)49-35-37(53)27-13-21-9-5-6-10-22(21)14-28(27)38(35)54)31-17-26-20-34-32(18-25(26)19-33(31)57-47)42-44(48(3,4)58-34)52-46(60-42)50-36-39(55)29-15-23-11-7-8-12-24(23)16-30(29)40(36)56/h17-30H,5-16H2,1-4H3. The molecular weight excluding hydrogens is 793 g/mol. The zero-order valence-corrected chi connectivity index (χ0v) is 36.3. The number of carbonyl (C=O) groups is 4. The summed E-state index contributed by atoms with van der Waals surface area (Å²) in [6.45, 7) is 7.99. The molecular formula is C48H50N4O6S2. The number of aromatic nitrogens is 2. The Morgan fingerprint density at radius 2 is 0.867 bits per heavy atom. The fourth-order valence-corrected chi connectivity index (χ4v) is 15.2. The van der Waals surface area contributed by atoms with Gasteiger partial charge in [-0.2, -0.15) is 0 Å². The number of allylic oxidation sites excluding steroid dienone is 6. The quantitative estimate of drug-likeness (QED) is 0.292. The molecule has 10 aliphatic rings. The second-order valence-corrected chi connectivity index (χ2v) is 22.3. The van der Waals surface area contributed by atoms with Gasteiger partial charge in [-0.1, -0.05) is 86.2 Å². The highest BCUT2D eigenvalue weighted by Crippen LogP contribution is 2.56. The molecule has 6 saturated carbocycles. The number of hydrogen-bond donors (Lipinski definition) is 0. The average molecular weight is 843 g/mol. The largest absolute Gasteiger partial charge is 0.481 e. The van der Waals surface area contributed by atoms with E-state index in [1.54, 1.807) is 0 Å². The monoisotopic (exact) mass is 842 g/mol. The van der Waals surface area contributed by atoms with E-state index in [4.69, 9.17) is 29.4 Å². The summed E-state index contributed by atoms with van der Waals surface area (Å²) in [5.41, 5.74) is 2.01. The Bertz CT molecular complexity index is 2290. The van der Waals surface area contributed by atoms with E-state index in [9.17, 15) is 19.2 Å². The molecule has 12 heteroatoms. The van der Waals surface area contributed by atoms with Gasteiger partial charge in [0.1, 0.15) is 34.1 Å². The molecule has 6 fully saturated rings. The second-order valence-electron chi connectivity index (χ2n) is 20.3. The van der Waals surface area contributed by atoms with E-state index >= 15 is 0 Å². The first-order chi connectivity index (χ1) is 28.8. The number of nitrogens with zero attached hydrogens (tertiary/aromatic N) is 4. The molecule has 10 unspecified atom stereocenters. The zero-order valence-electron chi connectivity index (χ0n) is 34.6. The first-order valence-corrected chi connectivity index (χ1v) is 24.1. The van der Waals surface area contributed by atoms with Gasteiger partial charge in [-0.25, -0.2) is 20.0 Å². The van der Waals surface area contributed by atoms with Crippen molar-refractivity contribution in [1.29, 1.82) is 0 Å². The van der Waals surface area contributed by atoms with E-state index in [0.717, 1.165) is 95.2 Å². The number of aliphatic imine (C=N–C) groups is 2. The summed E-state index contributed by atoms with van der Waals surface area (Å²) in [4.78, 5) is 76.2. The Morgan fingerprint density at radius 1 is 0.533 bits per heavy atom. The molecule has 10 atom stereocenters. The van der Waals surface area contributed by atoms with E-state index in [1.807, 2.05) is 27.7 Å².